The van der Waals surface area contributed by atoms with Gasteiger partial charge in [0.1, 0.15) is 32.4 Å². The summed E-state index contributed by atoms with van der Waals surface area (Å²) < 4.78 is 37.7. The van der Waals surface area contributed by atoms with Crippen LogP contribution in [-0.2, 0) is 11.0 Å². The maximum absolute atomic E-state index is 12.6. The Morgan fingerprint density at radius 3 is 2.42 bits per heavy atom. The maximum atomic E-state index is 12.6. The van der Waals surface area contributed by atoms with Gasteiger partial charge in [0, 0.05) is 6.07 Å². The Bertz CT molecular complexity index is 597. The Labute approximate surface area is 136 Å². The van der Waals surface area contributed by atoms with Gasteiger partial charge in [-0.15, -0.1) is 0 Å². The number of amides is 3. The number of anilines is 1. The van der Waals surface area contributed by atoms with Gasteiger partial charge in [0.2, 0.25) is 0 Å². The van der Waals surface area contributed by atoms with Crippen LogP contribution < -0.4 is 25.8 Å². The number of nitrogens with two attached hydrogens (primary N) is 1. The SMILES string of the molecule is C[C@@H](C(=O)NC(N)=O)[NH+]1CCN(c2ccc(C(F)(F)F)c[nH+]2)CC1. The summed E-state index contributed by atoms with van der Waals surface area (Å²) in [6.07, 6.45) is -3.43. The van der Waals surface area contributed by atoms with E-state index in [2.05, 4.69) is 10.3 Å². The number of nitrogens with one attached hydrogen (secondary N) is 3. The fourth-order valence-corrected chi connectivity index (χ4v) is 2.67. The molecule has 0 unspecified atom stereocenters. The Hall–Kier alpha value is -2.36. The number of imide groups is 1. The van der Waals surface area contributed by atoms with E-state index in [1.807, 2.05) is 4.90 Å². The lowest BCUT2D eigenvalue weighted by Crippen LogP contribution is -3.19. The first-order valence-corrected chi connectivity index (χ1v) is 7.47. The second kappa shape index (κ2) is 7.04. The van der Waals surface area contributed by atoms with E-state index in [0.717, 1.165) is 17.2 Å². The minimum Gasteiger partial charge on any atom is -0.351 e. The summed E-state index contributed by atoms with van der Waals surface area (Å²) in [7, 11) is 0. The first-order chi connectivity index (χ1) is 11.2. The fraction of sp³-hybridized carbons (Fsp3) is 0.500. The number of primary amides is 1. The van der Waals surface area contributed by atoms with Gasteiger partial charge in [-0.3, -0.25) is 15.0 Å². The van der Waals surface area contributed by atoms with E-state index in [1.54, 1.807) is 6.92 Å². The van der Waals surface area contributed by atoms with Crippen LogP contribution in [0.15, 0.2) is 18.3 Å². The molecule has 0 bridgehead atoms. The lowest BCUT2D eigenvalue weighted by atomic mass is 10.2. The van der Waals surface area contributed by atoms with Gasteiger partial charge < -0.3 is 10.6 Å². The van der Waals surface area contributed by atoms with E-state index >= 15 is 0 Å². The number of piperazine rings is 1. The summed E-state index contributed by atoms with van der Waals surface area (Å²) >= 11 is 0. The first-order valence-electron chi connectivity index (χ1n) is 7.47. The number of carbonyl (C=O) groups is 2. The predicted octanol–water partition coefficient (Wildman–Crippen LogP) is -1.19. The van der Waals surface area contributed by atoms with Crippen LogP contribution >= 0.6 is 0 Å². The molecule has 1 saturated heterocycles. The Morgan fingerprint density at radius 2 is 1.96 bits per heavy atom. The van der Waals surface area contributed by atoms with Gasteiger partial charge in [-0.25, -0.2) is 9.78 Å². The lowest BCUT2D eigenvalue weighted by molar-refractivity contribution is -0.914. The third kappa shape index (κ3) is 4.34. The molecule has 3 amide bonds. The van der Waals surface area contributed by atoms with E-state index in [-0.39, 0.29) is 0 Å². The van der Waals surface area contributed by atoms with Crippen molar-refractivity contribution in [2.75, 3.05) is 31.1 Å². The second-order valence-corrected chi connectivity index (χ2v) is 5.68. The average molecular weight is 347 g/mol. The van der Waals surface area contributed by atoms with E-state index in [0.29, 0.717) is 32.0 Å². The molecule has 1 aliphatic heterocycles. The van der Waals surface area contributed by atoms with Crippen molar-refractivity contribution in [2.24, 2.45) is 5.73 Å². The highest BCUT2D eigenvalue weighted by Crippen LogP contribution is 2.28. The Kier molecular flexibility index (Phi) is 5.27. The third-order valence-corrected chi connectivity index (χ3v) is 4.12. The van der Waals surface area contributed by atoms with Crippen LogP contribution in [0.5, 0.6) is 0 Å². The standard InChI is InChI=1S/C14H18F3N5O2/c1-9(12(23)20-13(18)24)21-4-6-22(7-5-21)11-3-2-10(8-19-11)14(15,16)17/h2-3,8-9H,4-7H2,1H3,(H3,18,20,23,24)/p+2/t9-/m0/s1. The van der Waals surface area contributed by atoms with Gasteiger partial charge in [-0.1, -0.05) is 0 Å². The maximum Gasteiger partial charge on any atom is 0.419 e. The van der Waals surface area contributed by atoms with Crippen LogP contribution in [-0.4, -0.2) is 44.2 Å². The predicted molar refractivity (Wildman–Crippen MR) is 78.1 cm³/mol. The van der Waals surface area contributed by atoms with E-state index in [4.69, 9.17) is 5.73 Å². The van der Waals surface area contributed by atoms with Crippen LogP contribution in [0.1, 0.15) is 12.5 Å². The molecule has 10 heteroatoms. The largest absolute Gasteiger partial charge is 0.419 e. The quantitative estimate of drug-likeness (QED) is 0.642. The smallest absolute Gasteiger partial charge is 0.351 e. The number of urea groups is 1. The van der Waals surface area contributed by atoms with Crippen molar-refractivity contribution in [3.63, 3.8) is 0 Å². The van der Waals surface area contributed by atoms with Crippen LogP contribution in [0, 0.1) is 0 Å². The van der Waals surface area contributed by atoms with Crippen LogP contribution in [0.4, 0.5) is 23.8 Å². The first kappa shape index (κ1) is 18.0. The fourth-order valence-electron chi connectivity index (χ4n) is 2.67. The van der Waals surface area contributed by atoms with Crippen LogP contribution in [0.2, 0.25) is 0 Å². The molecular weight excluding hydrogens is 327 g/mol. The van der Waals surface area contributed by atoms with Gasteiger partial charge >= 0.3 is 12.2 Å². The minimum absolute atomic E-state index is 0.434. The molecule has 2 rings (SSSR count). The number of nitrogens with zero attached hydrogens (tertiary/aromatic N) is 1. The molecular formula is C14H20F3N5O2+2. The van der Waals surface area contributed by atoms with E-state index in [9.17, 15) is 22.8 Å². The van der Waals surface area contributed by atoms with Gasteiger partial charge in [0.15, 0.2) is 6.04 Å². The summed E-state index contributed by atoms with van der Waals surface area (Å²) in [6, 6.07) is 1.12. The zero-order valence-electron chi connectivity index (χ0n) is 13.1. The summed E-state index contributed by atoms with van der Waals surface area (Å²) in [4.78, 5) is 28.1. The number of hydrogen-bond acceptors (Lipinski definition) is 3. The number of aromatic nitrogens is 1. The number of quaternary nitrogens is 1. The number of halogens is 3. The number of alkyl halides is 3. The van der Waals surface area contributed by atoms with Crippen molar-refractivity contribution in [2.45, 2.75) is 19.1 Å². The average Bonchev–Trinajstić information content (AvgIpc) is 2.53. The molecule has 2 heterocycles. The van der Waals surface area contributed by atoms with Crippen LogP contribution in [0.3, 0.4) is 0 Å². The van der Waals surface area contributed by atoms with Crippen molar-refractivity contribution < 1.29 is 32.6 Å². The van der Waals surface area contributed by atoms with Crippen molar-refractivity contribution >= 4 is 17.8 Å². The monoisotopic (exact) mass is 347 g/mol. The highest BCUT2D eigenvalue weighted by Gasteiger charge is 2.35. The molecule has 1 aromatic heterocycles. The molecule has 24 heavy (non-hydrogen) atoms. The molecule has 1 aliphatic rings. The number of rotatable bonds is 3. The lowest BCUT2D eigenvalue weighted by Gasteiger charge is -2.31. The van der Waals surface area contributed by atoms with E-state index < -0.39 is 29.7 Å². The molecule has 5 N–H and O–H groups in total. The van der Waals surface area contributed by atoms with Crippen LogP contribution in [0.25, 0.3) is 0 Å². The zero-order valence-corrected chi connectivity index (χ0v) is 13.1. The summed E-state index contributed by atoms with van der Waals surface area (Å²) in [5.74, 6) is 0.156. The Balaban J connectivity index is 1.93. The number of aromatic amines is 1. The second-order valence-electron chi connectivity index (χ2n) is 5.68. The molecule has 0 saturated carbocycles. The number of carbonyl (C=O) groups excluding carboxylic acids is 2. The molecule has 7 nitrogen and oxygen atoms in total. The summed E-state index contributed by atoms with van der Waals surface area (Å²) in [6.45, 7) is 4.08. The number of hydrogen-bond donors (Lipinski definition) is 3. The zero-order chi connectivity index (χ0) is 17.9. The molecule has 0 aromatic carbocycles. The summed E-state index contributed by atoms with van der Waals surface area (Å²) in [5.41, 5.74) is 4.20. The molecule has 132 valence electrons. The number of pyridine rings is 1. The van der Waals surface area contributed by atoms with Crippen molar-refractivity contribution in [1.82, 2.24) is 5.32 Å². The third-order valence-electron chi connectivity index (χ3n) is 4.12. The Morgan fingerprint density at radius 1 is 1.33 bits per heavy atom. The normalized spacial score (nSPS) is 17.4. The summed E-state index contributed by atoms with van der Waals surface area (Å²) in [5, 5.41) is 2.06. The highest BCUT2D eigenvalue weighted by atomic mass is 19.4. The number of H-pyrrole nitrogens is 1. The van der Waals surface area contributed by atoms with E-state index in [1.165, 1.54) is 6.07 Å². The van der Waals surface area contributed by atoms with Gasteiger partial charge in [0.25, 0.3) is 11.7 Å². The topological polar surface area (TPSA) is 94.0 Å². The molecule has 0 radical (unpaired) electrons. The molecule has 1 atom stereocenters. The van der Waals surface area contributed by atoms with Crippen molar-refractivity contribution in [3.05, 3.63) is 23.9 Å². The van der Waals surface area contributed by atoms with Crippen molar-refractivity contribution in [3.8, 4) is 0 Å². The molecule has 0 spiro atoms. The van der Waals surface area contributed by atoms with Gasteiger partial charge in [-0.2, -0.15) is 13.2 Å². The van der Waals surface area contributed by atoms with Crippen molar-refractivity contribution in [1.29, 1.82) is 0 Å². The minimum atomic E-state index is -4.37. The highest BCUT2D eigenvalue weighted by molar-refractivity contribution is 5.95. The van der Waals surface area contributed by atoms with Gasteiger partial charge in [-0.05, 0) is 13.0 Å². The van der Waals surface area contributed by atoms with Gasteiger partial charge in [0.05, 0.1) is 5.56 Å². The molecule has 0 aliphatic carbocycles. The molecule has 1 aromatic rings. The molecule has 1 fully saturated rings.